The van der Waals surface area contributed by atoms with Gasteiger partial charge in [-0.05, 0) is 44.9 Å². The van der Waals surface area contributed by atoms with Gasteiger partial charge in [0.15, 0.2) is 11.5 Å². The number of carboxylic acid groups (broad SMARTS) is 1. The fraction of sp³-hybridized carbons (Fsp3) is 0.458. The number of aromatic nitrogens is 3. The average Bonchev–Trinajstić information content (AvgIpc) is 3.63. The molecule has 0 spiro atoms. The second-order valence-electron chi connectivity index (χ2n) is 10.1. The summed E-state index contributed by atoms with van der Waals surface area (Å²) in [6, 6.07) is 6.25. The number of halogens is 1. The Bertz CT molecular complexity index is 1550. The Morgan fingerprint density at radius 1 is 1.29 bits per heavy atom. The number of nitrogens with one attached hydrogen (secondary N) is 1. The van der Waals surface area contributed by atoms with Crippen molar-refractivity contribution in [3.63, 3.8) is 0 Å². The summed E-state index contributed by atoms with van der Waals surface area (Å²) in [5.41, 5.74) is 5.42. The zero-order valence-corrected chi connectivity index (χ0v) is 24.6. The summed E-state index contributed by atoms with van der Waals surface area (Å²) < 4.78 is 32.1. The van der Waals surface area contributed by atoms with Crippen molar-refractivity contribution in [1.29, 1.82) is 0 Å². The summed E-state index contributed by atoms with van der Waals surface area (Å²) in [7, 11) is -4.21. The molecule has 4 heterocycles. The predicted molar refractivity (Wildman–Crippen MR) is 150 cm³/mol. The fourth-order valence-corrected chi connectivity index (χ4v) is 7.05. The van der Waals surface area contributed by atoms with Crippen LogP contribution in [0.25, 0.3) is 10.6 Å². The molecule has 1 aliphatic heterocycles. The van der Waals surface area contributed by atoms with Gasteiger partial charge in [0.1, 0.15) is 11.4 Å². The first-order valence-corrected chi connectivity index (χ1v) is 15.4. The molecule has 0 bridgehead atoms. The minimum absolute atomic E-state index is 0.119. The van der Waals surface area contributed by atoms with Gasteiger partial charge < -0.3 is 25.6 Å². The van der Waals surface area contributed by atoms with Crippen LogP contribution >= 0.6 is 22.9 Å². The number of carboxylic acids is 1. The van der Waals surface area contributed by atoms with E-state index in [9.17, 15) is 27.9 Å². The third kappa shape index (κ3) is 7.13. The molecule has 2 amide bonds. The van der Waals surface area contributed by atoms with Gasteiger partial charge in [0, 0.05) is 31.3 Å². The molecule has 222 valence electrons. The lowest BCUT2D eigenvalue weighted by molar-refractivity contribution is -0.125. The first kappa shape index (κ1) is 30.6. The number of aromatic carboxylic acids is 1. The van der Waals surface area contributed by atoms with Crippen molar-refractivity contribution in [3.05, 3.63) is 45.7 Å². The molecule has 14 nitrogen and oxygen atoms in total. The van der Waals surface area contributed by atoms with Gasteiger partial charge in [-0.1, -0.05) is 16.8 Å². The monoisotopic (exact) mass is 627 g/mol. The molecule has 0 saturated carbocycles. The number of hydrogen-bond donors (Lipinski definition) is 4. The number of primary amides is 1. The minimum atomic E-state index is -4.21. The van der Waals surface area contributed by atoms with Gasteiger partial charge in [0.25, 0.3) is 5.91 Å². The highest BCUT2D eigenvalue weighted by Crippen LogP contribution is 2.32. The highest BCUT2D eigenvalue weighted by atomic mass is 35.5. The molecule has 3 unspecified atom stereocenters. The molecular formula is C24H30ClN7O7S2. The minimum Gasteiger partial charge on any atom is -0.477 e. The van der Waals surface area contributed by atoms with Gasteiger partial charge in [-0.3, -0.25) is 14.3 Å². The van der Waals surface area contributed by atoms with E-state index in [1.54, 1.807) is 18.2 Å². The highest BCUT2D eigenvalue weighted by Gasteiger charge is 2.43. The second kappa shape index (κ2) is 12.3. The van der Waals surface area contributed by atoms with Crippen LogP contribution in [-0.2, 0) is 21.4 Å². The third-order valence-corrected chi connectivity index (χ3v) is 9.68. The van der Waals surface area contributed by atoms with Crippen molar-refractivity contribution in [3.8, 4) is 10.6 Å². The van der Waals surface area contributed by atoms with Crippen molar-refractivity contribution < 1.29 is 32.4 Å². The smallest absolute Gasteiger partial charge is 0.354 e. The van der Waals surface area contributed by atoms with Crippen LogP contribution in [0.1, 0.15) is 46.9 Å². The van der Waals surface area contributed by atoms with E-state index in [0.717, 1.165) is 15.6 Å². The Morgan fingerprint density at radius 3 is 2.61 bits per heavy atom. The average molecular weight is 628 g/mol. The maximum atomic E-state index is 13.0. The molecule has 4 rings (SSSR count). The Hall–Kier alpha value is -3.31. The number of carbonyl (C=O) groups excluding carboxylic acids is 2. The van der Waals surface area contributed by atoms with Crippen molar-refractivity contribution in [2.24, 2.45) is 22.7 Å². The maximum absolute atomic E-state index is 13.0. The topological polar surface area (TPSA) is 217 Å². The molecule has 3 aromatic rings. The highest BCUT2D eigenvalue weighted by molar-refractivity contribution is 7.89. The van der Waals surface area contributed by atoms with E-state index in [-0.39, 0.29) is 30.5 Å². The van der Waals surface area contributed by atoms with Gasteiger partial charge in [-0.2, -0.15) is 5.10 Å². The maximum Gasteiger partial charge on any atom is 0.354 e. The van der Waals surface area contributed by atoms with E-state index in [2.05, 4.69) is 15.6 Å². The summed E-state index contributed by atoms with van der Waals surface area (Å²) in [4.78, 5) is 39.9. The number of amides is 2. The molecule has 41 heavy (non-hydrogen) atoms. The Labute approximate surface area is 244 Å². The van der Waals surface area contributed by atoms with Gasteiger partial charge in [0.05, 0.1) is 26.9 Å². The third-order valence-electron chi connectivity index (χ3n) is 7.08. The quantitative estimate of drug-likeness (QED) is 0.238. The van der Waals surface area contributed by atoms with Crippen LogP contribution in [0.3, 0.4) is 0 Å². The van der Waals surface area contributed by atoms with Crippen LogP contribution in [0, 0.1) is 11.8 Å². The zero-order valence-electron chi connectivity index (χ0n) is 22.2. The van der Waals surface area contributed by atoms with E-state index in [1.807, 2.05) is 18.7 Å². The second-order valence-corrected chi connectivity index (χ2v) is 13.6. The molecule has 17 heteroatoms. The number of piperidine rings is 1. The lowest BCUT2D eigenvalue weighted by atomic mass is 9.81. The van der Waals surface area contributed by atoms with Crippen molar-refractivity contribution in [2.75, 3.05) is 19.6 Å². The van der Waals surface area contributed by atoms with Crippen LogP contribution in [0.2, 0.25) is 4.34 Å². The largest absolute Gasteiger partial charge is 0.477 e. The molecule has 3 aromatic heterocycles. The van der Waals surface area contributed by atoms with Gasteiger partial charge in [0.2, 0.25) is 15.9 Å². The van der Waals surface area contributed by atoms with E-state index in [0.29, 0.717) is 28.8 Å². The van der Waals surface area contributed by atoms with Crippen molar-refractivity contribution in [2.45, 2.75) is 38.1 Å². The van der Waals surface area contributed by atoms with Crippen LogP contribution < -0.4 is 16.2 Å². The number of thiophene rings is 1. The first-order valence-electron chi connectivity index (χ1n) is 12.6. The molecule has 1 saturated heterocycles. The predicted octanol–water partition coefficient (Wildman–Crippen LogP) is 1.22. The fourth-order valence-electron chi connectivity index (χ4n) is 4.93. The molecule has 0 radical (unpaired) electrons. The molecule has 0 aromatic carbocycles. The summed E-state index contributed by atoms with van der Waals surface area (Å²) in [5.74, 6) is -3.88. The molecule has 6 N–H and O–H groups in total. The van der Waals surface area contributed by atoms with E-state index in [4.69, 9.17) is 27.0 Å². The van der Waals surface area contributed by atoms with Gasteiger partial charge >= 0.3 is 5.97 Å². The first-order chi connectivity index (χ1) is 19.2. The Kier molecular flexibility index (Phi) is 9.18. The molecule has 3 atom stereocenters. The van der Waals surface area contributed by atoms with Crippen LogP contribution in [-0.4, -0.2) is 82.1 Å². The number of nitrogens with two attached hydrogens (primary N) is 2. The molecular weight excluding hydrogens is 598 g/mol. The van der Waals surface area contributed by atoms with Crippen LogP contribution in [0.4, 0.5) is 0 Å². The van der Waals surface area contributed by atoms with E-state index in [1.165, 1.54) is 11.3 Å². The molecule has 1 aliphatic rings. The van der Waals surface area contributed by atoms with Crippen molar-refractivity contribution in [1.82, 2.24) is 25.2 Å². The lowest BCUT2D eigenvalue weighted by Crippen LogP contribution is -2.55. The van der Waals surface area contributed by atoms with Crippen LogP contribution in [0.5, 0.6) is 0 Å². The summed E-state index contributed by atoms with van der Waals surface area (Å²) in [6.45, 7) is 4.18. The summed E-state index contributed by atoms with van der Waals surface area (Å²) in [5, 5.41) is 24.4. The van der Waals surface area contributed by atoms with Gasteiger partial charge in [-0.25, -0.2) is 18.4 Å². The number of primary sulfonamides is 1. The Balaban J connectivity index is 1.50. The number of likely N-dealkylation sites (tertiary alicyclic amines) is 1. The lowest BCUT2D eigenvalue weighted by Gasteiger charge is -2.41. The number of carbonyl (C=O) groups is 3. The molecule has 0 aliphatic carbocycles. The number of rotatable bonds is 11. The zero-order chi connectivity index (χ0) is 30.1. The summed E-state index contributed by atoms with van der Waals surface area (Å²) in [6.07, 6.45) is 0.331. The standard InChI is InChI=1S/C24H30ClN7O7S2/c1-12(2)31-6-5-14(15(11-31)22(26)33)20(41(27,37)38)9-28-23(34)16-8-17(24(35)36)32(29-16)10-13-7-18(39-30-13)19-3-4-21(25)40-19/h3-4,7-8,12,14-15,20H,5-6,9-11H2,1-2H3,(H2,26,33)(H,28,34)(H,35,36)(H2,27,37,38). The van der Waals surface area contributed by atoms with E-state index < -0.39 is 51.4 Å². The number of nitrogens with zero attached hydrogens (tertiary/aromatic N) is 4. The van der Waals surface area contributed by atoms with Crippen LogP contribution in [0.15, 0.2) is 28.8 Å². The number of sulfonamides is 1. The molecule has 1 fully saturated rings. The normalized spacial score (nSPS) is 18.9. The van der Waals surface area contributed by atoms with Gasteiger partial charge in [-0.15, -0.1) is 11.3 Å². The van der Waals surface area contributed by atoms with E-state index >= 15 is 0 Å². The van der Waals surface area contributed by atoms with Crippen molar-refractivity contribution >= 4 is 50.7 Å². The Morgan fingerprint density at radius 2 is 2.02 bits per heavy atom. The number of hydrogen-bond acceptors (Lipinski definition) is 10. The SMILES string of the molecule is CC(C)N1CCC(C(CNC(=O)c2cc(C(=O)O)n(Cc3cc(-c4ccc(Cl)s4)on3)n2)S(N)(=O)=O)C(C(N)=O)C1. The summed E-state index contributed by atoms with van der Waals surface area (Å²) >= 11 is 7.24.